The largest absolute Gasteiger partial charge is 0.324 e. The van der Waals surface area contributed by atoms with E-state index in [1.807, 2.05) is 36.4 Å². The topological polar surface area (TPSA) is 104 Å². The highest BCUT2D eigenvalue weighted by atomic mass is 16.1. The quantitative estimate of drug-likeness (QED) is 0.643. The third-order valence-electron chi connectivity index (χ3n) is 6.01. The van der Waals surface area contributed by atoms with Gasteiger partial charge in [-0.25, -0.2) is 9.97 Å². The highest BCUT2D eigenvalue weighted by Crippen LogP contribution is 2.29. The van der Waals surface area contributed by atoms with E-state index >= 15 is 0 Å². The first kappa shape index (κ1) is 19.3. The SMILES string of the molecule is N#CC1(c2ncccc2CCc2ccnc(Nc3ccc4c(c3)CC(=O)C4)n2)CNC1. The molecule has 3 heterocycles. The summed E-state index contributed by atoms with van der Waals surface area (Å²) in [5.74, 6) is 0.793. The number of hydrogen-bond donors (Lipinski definition) is 2. The third kappa shape index (κ3) is 3.78. The fraction of sp³-hybridized carbons (Fsp3) is 0.292. The molecule has 2 aromatic heterocycles. The van der Waals surface area contributed by atoms with Crippen LogP contribution in [-0.4, -0.2) is 33.8 Å². The summed E-state index contributed by atoms with van der Waals surface area (Å²) >= 11 is 0. The molecule has 5 rings (SSSR count). The zero-order valence-electron chi connectivity index (χ0n) is 17.1. The number of anilines is 2. The van der Waals surface area contributed by atoms with Crippen LogP contribution in [0.15, 0.2) is 48.8 Å². The van der Waals surface area contributed by atoms with Crippen LogP contribution in [-0.2, 0) is 35.9 Å². The van der Waals surface area contributed by atoms with Crippen LogP contribution in [0.1, 0.15) is 28.1 Å². The zero-order valence-corrected chi connectivity index (χ0v) is 17.1. The first-order valence-corrected chi connectivity index (χ1v) is 10.4. The van der Waals surface area contributed by atoms with Crippen molar-refractivity contribution in [2.75, 3.05) is 18.4 Å². The van der Waals surface area contributed by atoms with E-state index in [2.05, 4.69) is 31.7 Å². The van der Waals surface area contributed by atoms with E-state index in [1.165, 1.54) is 0 Å². The summed E-state index contributed by atoms with van der Waals surface area (Å²) in [6, 6.07) is 14.3. The van der Waals surface area contributed by atoms with E-state index in [4.69, 9.17) is 0 Å². The van der Waals surface area contributed by atoms with Crippen molar-refractivity contribution >= 4 is 17.4 Å². The Bertz CT molecular complexity index is 1190. The van der Waals surface area contributed by atoms with Crippen LogP contribution < -0.4 is 10.6 Å². The smallest absolute Gasteiger partial charge is 0.227 e. The van der Waals surface area contributed by atoms with Crippen LogP contribution >= 0.6 is 0 Å². The number of nitriles is 1. The maximum Gasteiger partial charge on any atom is 0.227 e. The Kier molecular flexibility index (Phi) is 4.92. The Morgan fingerprint density at radius 1 is 1.06 bits per heavy atom. The number of aromatic nitrogens is 3. The molecule has 0 unspecified atom stereocenters. The Labute approximate surface area is 180 Å². The summed E-state index contributed by atoms with van der Waals surface area (Å²) in [5, 5.41) is 16.1. The Balaban J connectivity index is 1.30. The van der Waals surface area contributed by atoms with Gasteiger partial charge in [0.05, 0.1) is 11.8 Å². The van der Waals surface area contributed by atoms with Crippen molar-refractivity contribution in [3.05, 3.63) is 76.9 Å². The number of carbonyl (C=O) groups is 1. The number of nitrogens with one attached hydrogen (secondary N) is 2. The summed E-state index contributed by atoms with van der Waals surface area (Å²) in [6.07, 6.45) is 6.01. The van der Waals surface area contributed by atoms with Gasteiger partial charge in [0.1, 0.15) is 11.2 Å². The van der Waals surface area contributed by atoms with Crippen LogP contribution in [0.25, 0.3) is 0 Å². The molecular formula is C24H22N6O. The van der Waals surface area contributed by atoms with Crippen molar-refractivity contribution < 1.29 is 4.79 Å². The fourth-order valence-electron chi connectivity index (χ4n) is 4.26. The zero-order chi connectivity index (χ0) is 21.3. The monoisotopic (exact) mass is 410 g/mol. The molecule has 1 fully saturated rings. The number of pyridine rings is 1. The number of rotatable bonds is 6. The maximum atomic E-state index is 11.7. The number of fused-ring (bicyclic) bond motifs is 1. The molecule has 7 heteroatoms. The molecule has 2 aliphatic rings. The predicted molar refractivity (Wildman–Crippen MR) is 116 cm³/mol. The second-order valence-corrected chi connectivity index (χ2v) is 8.18. The van der Waals surface area contributed by atoms with Gasteiger partial charge < -0.3 is 10.6 Å². The third-order valence-corrected chi connectivity index (χ3v) is 6.01. The second kappa shape index (κ2) is 7.89. The fourth-order valence-corrected chi connectivity index (χ4v) is 4.26. The molecule has 0 bridgehead atoms. The molecule has 0 amide bonds. The van der Waals surface area contributed by atoms with Gasteiger partial charge >= 0.3 is 0 Å². The van der Waals surface area contributed by atoms with Crippen molar-refractivity contribution in [1.82, 2.24) is 20.3 Å². The van der Waals surface area contributed by atoms with Crippen LogP contribution in [0.3, 0.4) is 0 Å². The molecule has 1 aromatic carbocycles. The predicted octanol–water partition coefficient (Wildman–Crippen LogP) is 2.43. The van der Waals surface area contributed by atoms with Gasteiger partial charge in [-0.3, -0.25) is 9.78 Å². The van der Waals surface area contributed by atoms with Crippen molar-refractivity contribution in [1.29, 1.82) is 5.26 Å². The molecule has 0 spiro atoms. The van der Waals surface area contributed by atoms with Gasteiger partial charge in [0, 0.05) is 49.7 Å². The number of Topliss-reactive ketones (excluding diaryl/α,β-unsaturated/α-hetero) is 1. The van der Waals surface area contributed by atoms with Gasteiger partial charge in [-0.2, -0.15) is 5.26 Å². The van der Waals surface area contributed by atoms with Gasteiger partial charge in [0.15, 0.2) is 0 Å². The number of ketones is 1. The van der Waals surface area contributed by atoms with E-state index in [0.717, 1.165) is 46.6 Å². The molecule has 1 saturated heterocycles. The lowest BCUT2D eigenvalue weighted by atomic mass is 9.77. The van der Waals surface area contributed by atoms with E-state index in [-0.39, 0.29) is 5.78 Å². The number of carbonyl (C=O) groups excluding carboxylic acids is 1. The highest BCUT2D eigenvalue weighted by molar-refractivity contribution is 5.88. The number of nitrogens with zero attached hydrogens (tertiary/aromatic N) is 4. The van der Waals surface area contributed by atoms with Gasteiger partial charge in [0.25, 0.3) is 0 Å². The molecule has 1 aliphatic heterocycles. The standard InChI is InChI=1S/C24H22N6O/c25-13-24(14-26-15-24)22-16(2-1-8-27-22)3-5-19-7-9-28-23(29-19)30-20-6-4-17-11-21(31)12-18(17)10-20/h1-2,4,6-10,26H,3,5,11-12,14-15H2,(H,28,29,30). The molecule has 0 saturated carbocycles. The summed E-state index contributed by atoms with van der Waals surface area (Å²) in [5.41, 5.74) is 5.42. The van der Waals surface area contributed by atoms with Crippen molar-refractivity contribution in [2.24, 2.45) is 0 Å². The van der Waals surface area contributed by atoms with Crippen LogP contribution in [0.2, 0.25) is 0 Å². The lowest BCUT2D eigenvalue weighted by Crippen LogP contribution is -2.56. The van der Waals surface area contributed by atoms with Gasteiger partial charge in [0.2, 0.25) is 5.95 Å². The average Bonchev–Trinajstić information content (AvgIpc) is 3.12. The molecule has 0 radical (unpaired) electrons. The Morgan fingerprint density at radius 3 is 2.74 bits per heavy atom. The second-order valence-electron chi connectivity index (χ2n) is 8.18. The highest BCUT2D eigenvalue weighted by Gasteiger charge is 2.41. The first-order chi connectivity index (χ1) is 15.1. The molecule has 2 N–H and O–H groups in total. The molecular weight excluding hydrogens is 388 g/mol. The van der Waals surface area contributed by atoms with E-state index in [1.54, 1.807) is 12.4 Å². The van der Waals surface area contributed by atoms with Crippen LogP contribution in [0, 0.1) is 11.3 Å². The summed E-state index contributed by atoms with van der Waals surface area (Å²) < 4.78 is 0. The average molecular weight is 410 g/mol. The van der Waals surface area contributed by atoms with E-state index < -0.39 is 5.41 Å². The lowest BCUT2D eigenvalue weighted by Gasteiger charge is -2.36. The molecule has 7 nitrogen and oxygen atoms in total. The van der Waals surface area contributed by atoms with Gasteiger partial charge in [-0.15, -0.1) is 0 Å². The molecule has 154 valence electrons. The van der Waals surface area contributed by atoms with Crippen molar-refractivity contribution in [2.45, 2.75) is 31.1 Å². The van der Waals surface area contributed by atoms with E-state index in [0.29, 0.717) is 31.9 Å². The number of aryl methyl sites for hydroxylation is 2. The van der Waals surface area contributed by atoms with Crippen molar-refractivity contribution in [3.63, 3.8) is 0 Å². The molecule has 31 heavy (non-hydrogen) atoms. The number of hydrogen-bond acceptors (Lipinski definition) is 7. The minimum atomic E-state index is -0.524. The summed E-state index contributed by atoms with van der Waals surface area (Å²) in [7, 11) is 0. The normalized spacial score (nSPS) is 16.3. The van der Waals surface area contributed by atoms with Gasteiger partial charge in [-0.1, -0.05) is 12.1 Å². The lowest BCUT2D eigenvalue weighted by molar-refractivity contribution is -0.117. The molecule has 3 aromatic rings. The molecule has 1 aliphatic carbocycles. The van der Waals surface area contributed by atoms with Crippen LogP contribution in [0.4, 0.5) is 11.6 Å². The summed E-state index contributed by atoms with van der Waals surface area (Å²) in [4.78, 5) is 25.2. The van der Waals surface area contributed by atoms with Gasteiger partial charge in [-0.05, 0) is 53.8 Å². The summed E-state index contributed by atoms with van der Waals surface area (Å²) in [6.45, 7) is 1.28. The maximum absolute atomic E-state index is 11.7. The molecule has 0 atom stereocenters. The van der Waals surface area contributed by atoms with E-state index in [9.17, 15) is 10.1 Å². The van der Waals surface area contributed by atoms with Crippen LogP contribution in [0.5, 0.6) is 0 Å². The first-order valence-electron chi connectivity index (χ1n) is 10.4. The Hall–Kier alpha value is -3.63. The number of benzene rings is 1. The van der Waals surface area contributed by atoms with Crippen molar-refractivity contribution in [3.8, 4) is 6.07 Å². The minimum absolute atomic E-state index is 0.260. The Morgan fingerprint density at radius 2 is 1.94 bits per heavy atom. The minimum Gasteiger partial charge on any atom is -0.324 e.